The molecule has 0 N–H and O–H groups in total. The average Bonchev–Trinajstić information content (AvgIpc) is 3.79. The Hall–Kier alpha value is -7.56. The van der Waals surface area contributed by atoms with Gasteiger partial charge in [0.25, 0.3) is 0 Å². The molecule has 8 aromatic carbocycles. The van der Waals surface area contributed by atoms with E-state index in [1.54, 1.807) is 0 Å². The van der Waals surface area contributed by atoms with Gasteiger partial charge in [0.05, 0.1) is 33.5 Å². The second-order valence-electron chi connectivity index (χ2n) is 14.2. The van der Waals surface area contributed by atoms with Crippen LogP contribution in [-0.2, 0) is 0 Å². The van der Waals surface area contributed by atoms with Crippen molar-refractivity contribution in [2.24, 2.45) is 0 Å². The van der Waals surface area contributed by atoms with Crippen LogP contribution in [0.5, 0.6) is 0 Å². The van der Waals surface area contributed by atoms with Crippen molar-refractivity contribution in [2.45, 2.75) is 0 Å². The standard InChI is InChI=1S/C52H34N4/c1-3-14-35(15-4-1)36-26-28-37(29-27-36)46-34-47(54-52(53-46)38-16-5-2-6-17-38)39-18-13-19-40(32-39)55-50-25-12-9-22-44(50)45-33-41(30-31-51(45)55)56-48-23-10-7-20-42(48)43-21-8-11-24-49(43)56/h1-34H. The summed E-state index contributed by atoms with van der Waals surface area (Å²) in [5, 5.41) is 4.94. The fourth-order valence-electron chi connectivity index (χ4n) is 8.31. The smallest absolute Gasteiger partial charge is 0.160 e. The van der Waals surface area contributed by atoms with E-state index >= 15 is 0 Å². The zero-order valence-corrected chi connectivity index (χ0v) is 30.4. The van der Waals surface area contributed by atoms with Crippen molar-refractivity contribution >= 4 is 43.6 Å². The Kier molecular flexibility index (Phi) is 7.46. The number of benzene rings is 8. The van der Waals surface area contributed by atoms with Crippen molar-refractivity contribution < 1.29 is 0 Å². The van der Waals surface area contributed by atoms with Gasteiger partial charge >= 0.3 is 0 Å². The summed E-state index contributed by atoms with van der Waals surface area (Å²) in [5.74, 6) is 0.699. The largest absolute Gasteiger partial charge is 0.309 e. The van der Waals surface area contributed by atoms with Crippen LogP contribution in [0, 0.1) is 0 Å². The SMILES string of the molecule is c1ccc(-c2ccc(-c3cc(-c4cccc(-n5c6ccccc6c6cc(-n7c8ccccc8c8ccccc87)ccc65)c4)nc(-c4ccccc4)n3)cc2)cc1. The highest BCUT2D eigenvalue weighted by Crippen LogP contribution is 2.38. The van der Waals surface area contributed by atoms with Crippen LogP contribution in [0.4, 0.5) is 0 Å². The van der Waals surface area contributed by atoms with Crippen LogP contribution in [0.3, 0.4) is 0 Å². The average molecular weight is 715 g/mol. The van der Waals surface area contributed by atoms with E-state index in [0.717, 1.165) is 50.5 Å². The minimum absolute atomic E-state index is 0.699. The maximum Gasteiger partial charge on any atom is 0.160 e. The molecule has 0 amide bonds. The van der Waals surface area contributed by atoms with Gasteiger partial charge in [0.2, 0.25) is 0 Å². The van der Waals surface area contributed by atoms with Gasteiger partial charge in [-0.25, -0.2) is 9.97 Å². The van der Waals surface area contributed by atoms with E-state index in [0.29, 0.717) is 5.82 Å². The quantitative estimate of drug-likeness (QED) is 0.172. The maximum atomic E-state index is 5.18. The van der Waals surface area contributed by atoms with Crippen LogP contribution >= 0.6 is 0 Å². The van der Waals surface area contributed by atoms with Gasteiger partial charge in [-0.05, 0) is 65.7 Å². The summed E-state index contributed by atoms with van der Waals surface area (Å²) in [6.45, 7) is 0. The minimum atomic E-state index is 0.699. The number of hydrogen-bond acceptors (Lipinski definition) is 2. The van der Waals surface area contributed by atoms with E-state index in [4.69, 9.17) is 9.97 Å². The zero-order chi connectivity index (χ0) is 37.0. The molecule has 0 atom stereocenters. The van der Waals surface area contributed by atoms with Crippen LogP contribution in [0.25, 0.3) is 100 Å². The van der Waals surface area contributed by atoms with Gasteiger partial charge in [-0.1, -0.05) is 152 Å². The highest BCUT2D eigenvalue weighted by atomic mass is 15.0. The van der Waals surface area contributed by atoms with E-state index in [1.165, 1.54) is 43.7 Å². The molecule has 0 fully saturated rings. The lowest BCUT2D eigenvalue weighted by molar-refractivity contribution is 1.16. The van der Waals surface area contributed by atoms with Crippen LogP contribution in [-0.4, -0.2) is 19.1 Å². The molecule has 3 aromatic heterocycles. The highest BCUT2D eigenvalue weighted by molar-refractivity contribution is 6.12. The minimum Gasteiger partial charge on any atom is -0.309 e. The summed E-state index contributed by atoms with van der Waals surface area (Å²) in [4.78, 5) is 10.3. The first-order chi connectivity index (χ1) is 27.8. The normalized spacial score (nSPS) is 11.6. The van der Waals surface area contributed by atoms with E-state index in [2.05, 4.69) is 191 Å². The van der Waals surface area contributed by atoms with E-state index in [9.17, 15) is 0 Å². The molecule has 0 saturated heterocycles. The Labute approximate surface area is 324 Å². The van der Waals surface area contributed by atoms with Crippen molar-refractivity contribution in [1.82, 2.24) is 19.1 Å². The number of aromatic nitrogens is 4. The van der Waals surface area contributed by atoms with Gasteiger partial charge in [0.1, 0.15) is 0 Å². The van der Waals surface area contributed by atoms with Crippen molar-refractivity contribution in [3.63, 3.8) is 0 Å². The molecule has 262 valence electrons. The summed E-state index contributed by atoms with van der Waals surface area (Å²) >= 11 is 0. The predicted molar refractivity (Wildman–Crippen MR) is 232 cm³/mol. The molecule has 4 heteroatoms. The van der Waals surface area contributed by atoms with E-state index in [1.807, 2.05) is 24.3 Å². The number of para-hydroxylation sites is 3. The zero-order valence-electron chi connectivity index (χ0n) is 30.4. The highest BCUT2D eigenvalue weighted by Gasteiger charge is 2.17. The van der Waals surface area contributed by atoms with Crippen LogP contribution in [0.15, 0.2) is 206 Å². The first kappa shape index (κ1) is 31.9. The third-order valence-electron chi connectivity index (χ3n) is 10.9. The molecule has 0 aliphatic rings. The molecule has 3 heterocycles. The molecule has 11 rings (SSSR count). The Balaban J connectivity index is 1.05. The van der Waals surface area contributed by atoms with Crippen molar-refractivity contribution in [1.29, 1.82) is 0 Å². The van der Waals surface area contributed by atoms with Gasteiger partial charge in [-0.3, -0.25) is 0 Å². The molecule has 0 unspecified atom stereocenters. The van der Waals surface area contributed by atoms with Crippen LogP contribution < -0.4 is 0 Å². The summed E-state index contributed by atoms with van der Waals surface area (Å²) in [5.41, 5.74) is 14.1. The van der Waals surface area contributed by atoms with Gasteiger partial charge in [0.15, 0.2) is 5.82 Å². The second-order valence-corrected chi connectivity index (χ2v) is 14.2. The topological polar surface area (TPSA) is 35.6 Å². The first-order valence-corrected chi connectivity index (χ1v) is 19.0. The molecule has 11 aromatic rings. The van der Waals surface area contributed by atoms with Crippen molar-refractivity contribution in [3.8, 4) is 56.4 Å². The molecule has 56 heavy (non-hydrogen) atoms. The molecular formula is C52H34N4. The number of nitrogens with zero attached hydrogens (tertiary/aromatic N) is 4. The van der Waals surface area contributed by atoms with Crippen molar-refractivity contribution in [3.05, 3.63) is 206 Å². The molecule has 0 saturated carbocycles. The summed E-state index contributed by atoms with van der Waals surface area (Å²) in [6.07, 6.45) is 0. The van der Waals surface area contributed by atoms with Gasteiger partial charge in [-0.2, -0.15) is 0 Å². The summed E-state index contributed by atoms with van der Waals surface area (Å²) < 4.78 is 4.77. The van der Waals surface area contributed by atoms with E-state index < -0.39 is 0 Å². The number of rotatable bonds is 6. The molecule has 0 aliphatic carbocycles. The lowest BCUT2D eigenvalue weighted by Crippen LogP contribution is -1.98. The Morgan fingerprint density at radius 1 is 0.268 bits per heavy atom. The molecule has 0 radical (unpaired) electrons. The fraction of sp³-hybridized carbons (Fsp3) is 0. The Morgan fingerprint density at radius 3 is 1.34 bits per heavy atom. The lowest BCUT2D eigenvalue weighted by Gasteiger charge is -2.13. The predicted octanol–water partition coefficient (Wildman–Crippen LogP) is 13.3. The molecule has 4 nitrogen and oxygen atoms in total. The van der Waals surface area contributed by atoms with Crippen molar-refractivity contribution in [2.75, 3.05) is 0 Å². The third-order valence-corrected chi connectivity index (χ3v) is 10.9. The fourth-order valence-corrected chi connectivity index (χ4v) is 8.31. The van der Waals surface area contributed by atoms with Gasteiger partial charge < -0.3 is 9.13 Å². The third kappa shape index (κ3) is 5.31. The first-order valence-electron chi connectivity index (χ1n) is 19.0. The molecular weight excluding hydrogens is 681 g/mol. The number of fused-ring (bicyclic) bond motifs is 6. The Morgan fingerprint density at radius 2 is 0.714 bits per heavy atom. The van der Waals surface area contributed by atoms with E-state index in [-0.39, 0.29) is 0 Å². The molecule has 0 aliphatic heterocycles. The molecule has 0 bridgehead atoms. The van der Waals surface area contributed by atoms with Gasteiger partial charge in [-0.15, -0.1) is 0 Å². The second kappa shape index (κ2) is 13.1. The summed E-state index contributed by atoms with van der Waals surface area (Å²) in [7, 11) is 0. The monoisotopic (exact) mass is 714 g/mol. The lowest BCUT2D eigenvalue weighted by atomic mass is 10.0. The Bertz CT molecular complexity index is 3180. The number of hydrogen-bond donors (Lipinski definition) is 0. The maximum absolute atomic E-state index is 5.18. The van der Waals surface area contributed by atoms with Crippen LogP contribution in [0.2, 0.25) is 0 Å². The summed E-state index contributed by atoms with van der Waals surface area (Å²) in [6, 6.07) is 73.2. The van der Waals surface area contributed by atoms with Gasteiger partial charge in [0, 0.05) is 49.6 Å². The van der Waals surface area contributed by atoms with Crippen LogP contribution in [0.1, 0.15) is 0 Å². The molecule has 0 spiro atoms.